The molecule has 2 aromatic heterocycles. The van der Waals surface area contributed by atoms with Gasteiger partial charge in [0.25, 0.3) is 5.56 Å². The fourth-order valence-corrected chi connectivity index (χ4v) is 1.94. The maximum Gasteiger partial charge on any atom is 0.261 e. The van der Waals surface area contributed by atoms with Gasteiger partial charge in [-0.15, -0.1) is 0 Å². The number of halogens is 1. The van der Waals surface area contributed by atoms with Crippen LogP contribution in [0, 0.1) is 12.7 Å². The Hall–Kier alpha value is -2.08. The van der Waals surface area contributed by atoms with E-state index in [2.05, 4.69) is 4.98 Å². The summed E-state index contributed by atoms with van der Waals surface area (Å²) in [5, 5.41) is 0. The van der Waals surface area contributed by atoms with Gasteiger partial charge in [-0.05, 0) is 30.7 Å². The van der Waals surface area contributed by atoms with Crippen molar-refractivity contribution in [3.8, 4) is 0 Å². The van der Waals surface area contributed by atoms with E-state index in [-0.39, 0.29) is 22.7 Å². The van der Waals surface area contributed by atoms with Gasteiger partial charge in [0, 0.05) is 11.9 Å². The normalized spacial score (nSPS) is 10.4. The Bertz CT molecular complexity index is 697. The molecule has 0 spiro atoms. The van der Waals surface area contributed by atoms with Crippen molar-refractivity contribution in [2.45, 2.75) is 13.5 Å². The van der Waals surface area contributed by atoms with Gasteiger partial charge in [0.1, 0.15) is 10.8 Å². The zero-order valence-electron chi connectivity index (χ0n) is 10.3. The number of thiocarbonyl (C=S) groups is 1. The molecule has 0 fully saturated rings. The third-order valence-electron chi connectivity index (χ3n) is 2.76. The van der Waals surface area contributed by atoms with E-state index >= 15 is 0 Å². The fraction of sp³-hybridized carbons (Fsp3) is 0.154. The predicted octanol–water partition coefficient (Wildman–Crippen LogP) is 1.37. The second kappa shape index (κ2) is 5.27. The Morgan fingerprint density at radius 2 is 2.21 bits per heavy atom. The number of rotatable bonds is 3. The molecule has 0 atom stereocenters. The number of hydrogen-bond donors (Lipinski definition) is 1. The molecule has 6 heteroatoms. The number of pyridine rings is 2. The maximum absolute atomic E-state index is 13.1. The minimum absolute atomic E-state index is 0.0520. The highest BCUT2D eigenvalue weighted by atomic mass is 32.1. The van der Waals surface area contributed by atoms with Crippen LogP contribution in [0.1, 0.15) is 16.8 Å². The molecule has 2 aromatic rings. The summed E-state index contributed by atoms with van der Waals surface area (Å²) in [7, 11) is 0. The van der Waals surface area contributed by atoms with Gasteiger partial charge in [0.2, 0.25) is 0 Å². The first-order valence-electron chi connectivity index (χ1n) is 5.58. The smallest absolute Gasteiger partial charge is 0.261 e. The largest absolute Gasteiger partial charge is 0.389 e. The molecule has 0 saturated heterocycles. The number of aryl methyl sites for hydroxylation is 1. The Morgan fingerprint density at radius 1 is 1.47 bits per heavy atom. The average molecular weight is 277 g/mol. The Kier molecular flexibility index (Phi) is 3.71. The number of nitrogens with zero attached hydrogens (tertiary/aromatic N) is 2. The van der Waals surface area contributed by atoms with Crippen molar-refractivity contribution in [1.82, 2.24) is 9.55 Å². The lowest BCUT2D eigenvalue weighted by molar-refractivity contribution is 0.614. The van der Waals surface area contributed by atoms with E-state index in [0.29, 0.717) is 5.56 Å². The van der Waals surface area contributed by atoms with E-state index < -0.39 is 5.82 Å². The van der Waals surface area contributed by atoms with E-state index in [1.54, 1.807) is 19.1 Å². The molecule has 0 amide bonds. The molecule has 0 aromatic carbocycles. The predicted molar refractivity (Wildman–Crippen MR) is 74.6 cm³/mol. The van der Waals surface area contributed by atoms with Gasteiger partial charge in [-0.25, -0.2) is 4.39 Å². The zero-order valence-corrected chi connectivity index (χ0v) is 11.1. The second-order valence-corrected chi connectivity index (χ2v) is 4.60. The highest BCUT2D eigenvalue weighted by molar-refractivity contribution is 7.80. The molecule has 4 nitrogen and oxygen atoms in total. The van der Waals surface area contributed by atoms with Crippen molar-refractivity contribution in [1.29, 1.82) is 0 Å². The first-order valence-corrected chi connectivity index (χ1v) is 5.99. The van der Waals surface area contributed by atoms with Crippen LogP contribution >= 0.6 is 12.2 Å². The Morgan fingerprint density at radius 3 is 2.84 bits per heavy atom. The van der Waals surface area contributed by atoms with Gasteiger partial charge in [0.15, 0.2) is 0 Å². The maximum atomic E-state index is 13.1. The van der Waals surface area contributed by atoms with E-state index in [0.717, 1.165) is 11.9 Å². The van der Waals surface area contributed by atoms with Crippen molar-refractivity contribution in [3.05, 3.63) is 63.6 Å². The van der Waals surface area contributed by atoms with Gasteiger partial charge in [-0.3, -0.25) is 9.78 Å². The summed E-state index contributed by atoms with van der Waals surface area (Å²) in [6.45, 7) is 2.02. The van der Waals surface area contributed by atoms with Crippen LogP contribution in [0.5, 0.6) is 0 Å². The van der Waals surface area contributed by atoms with E-state index in [1.807, 2.05) is 0 Å². The van der Waals surface area contributed by atoms with Crippen LogP contribution in [0.25, 0.3) is 0 Å². The number of hydrogen-bond acceptors (Lipinski definition) is 3. The minimum atomic E-state index is -0.436. The molecular formula is C13H12FN3OS. The SMILES string of the molecule is Cc1ccc(C(N)=S)c(=O)n1Cc1cncc(F)c1. The lowest BCUT2D eigenvalue weighted by Crippen LogP contribution is -2.30. The molecule has 0 bridgehead atoms. The third kappa shape index (κ3) is 2.85. The molecule has 19 heavy (non-hydrogen) atoms. The first kappa shape index (κ1) is 13.4. The van der Waals surface area contributed by atoms with Crippen LogP contribution < -0.4 is 11.3 Å². The van der Waals surface area contributed by atoms with Crippen molar-refractivity contribution < 1.29 is 4.39 Å². The Balaban J connectivity index is 2.48. The van der Waals surface area contributed by atoms with Crippen LogP contribution in [0.15, 0.2) is 35.4 Å². The molecule has 98 valence electrons. The van der Waals surface area contributed by atoms with Gasteiger partial charge in [-0.2, -0.15) is 0 Å². The first-order chi connectivity index (χ1) is 8.99. The number of nitrogens with two attached hydrogens (primary N) is 1. The third-order valence-corrected chi connectivity index (χ3v) is 2.98. The van der Waals surface area contributed by atoms with E-state index in [9.17, 15) is 9.18 Å². The lowest BCUT2D eigenvalue weighted by atomic mass is 10.2. The molecular weight excluding hydrogens is 265 g/mol. The van der Waals surface area contributed by atoms with Crippen molar-refractivity contribution >= 4 is 17.2 Å². The van der Waals surface area contributed by atoms with Crippen LogP contribution in [-0.2, 0) is 6.54 Å². The molecule has 0 aliphatic rings. The zero-order chi connectivity index (χ0) is 14.0. The summed E-state index contributed by atoms with van der Waals surface area (Å²) < 4.78 is 14.6. The summed E-state index contributed by atoms with van der Waals surface area (Å²) in [5.74, 6) is -0.436. The molecule has 2 rings (SSSR count). The highest BCUT2D eigenvalue weighted by Gasteiger charge is 2.09. The average Bonchev–Trinajstić information content (AvgIpc) is 2.34. The molecule has 2 heterocycles. The van der Waals surface area contributed by atoms with Crippen molar-refractivity contribution in [2.75, 3.05) is 0 Å². The van der Waals surface area contributed by atoms with Gasteiger partial charge < -0.3 is 10.3 Å². The summed E-state index contributed by atoms with van der Waals surface area (Å²) >= 11 is 4.83. The molecule has 0 aliphatic heterocycles. The van der Waals surface area contributed by atoms with Crippen LogP contribution in [0.2, 0.25) is 0 Å². The van der Waals surface area contributed by atoms with Crippen LogP contribution in [0.3, 0.4) is 0 Å². The standard InChI is InChI=1S/C13H12FN3OS/c1-8-2-3-11(12(15)19)13(18)17(8)7-9-4-10(14)6-16-5-9/h2-6H,7H2,1H3,(H2,15,19). The summed E-state index contributed by atoms with van der Waals surface area (Å²) in [5.41, 5.74) is 6.85. The molecule has 0 unspecified atom stereocenters. The quantitative estimate of drug-likeness (QED) is 0.861. The molecule has 2 N–H and O–H groups in total. The van der Waals surface area contributed by atoms with Gasteiger partial charge in [-0.1, -0.05) is 12.2 Å². The molecule has 0 radical (unpaired) electrons. The van der Waals surface area contributed by atoms with Crippen molar-refractivity contribution in [3.63, 3.8) is 0 Å². The van der Waals surface area contributed by atoms with Crippen LogP contribution in [0.4, 0.5) is 4.39 Å². The van der Waals surface area contributed by atoms with Gasteiger partial charge in [0.05, 0.1) is 18.3 Å². The van der Waals surface area contributed by atoms with Crippen molar-refractivity contribution in [2.24, 2.45) is 5.73 Å². The minimum Gasteiger partial charge on any atom is -0.389 e. The topological polar surface area (TPSA) is 60.9 Å². The Labute approximate surface area is 114 Å². The fourth-order valence-electron chi connectivity index (χ4n) is 1.78. The summed E-state index contributed by atoms with van der Waals surface area (Å²) in [6, 6.07) is 4.69. The van der Waals surface area contributed by atoms with E-state index in [4.69, 9.17) is 18.0 Å². The lowest BCUT2D eigenvalue weighted by Gasteiger charge is -2.11. The van der Waals surface area contributed by atoms with Gasteiger partial charge >= 0.3 is 0 Å². The summed E-state index contributed by atoms with van der Waals surface area (Å²) in [6.07, 6.45) is 2.63. The molecule has 0 saturated carbocycles. The second-order valence-electron chi connectivity index (χ2n) is 4.16. The van der Waals surface area contributed by atoms with Crippen LogP contribution in [-0.4, -0.2) is 14.5 Å². The van der Waals surface area contributed by atoms with E-state index in [1.165, 1.54) is 16.8 Å². The highest BCUT2D eigenvalue weighted by Crippen LogP contribution is 2.06. The summed E-state index contributed by atoms with van der Waals surface area (Å²) in [4.78, 5) is 16.0. The molecule has 0 aliphatic carbocycles. The number of aromatic nitrogens is 2. The monoisotopic (exact) mass is 277 g/mol.